The van der Waals surface area contributed by atoms with E-state index in [1.54, 1.807) is 0 Å². The lowest BCUT2D eigenvalue weighted by Gasteiger charge is -2.60. The summed E-state index contributed by atoms with van der Waals surface area (Å²) in [6, 6.07) is 11.8. The Morgan fingerprint density at radius 1 is 1.10 bits per heavy atom. The maximum absolute atomic E-state index is 9.72. The monoisotopic (exact) mass is 399 g/mol. The average Bonchev–Trinajstić information content (AvgIpc) is 2.96. The molecule has 5 fully saturated rings. The van der Waals surface area contributed by atoms with E-state index >= 15 is 0 Å². The van der Waals surface area contributed by atoms with Crippen molar-refractivity contribution in [1.29, 1.82) is 5.26 Å². The predicted molar refractivity (Wildman–Crippen MR) is 103 cm³/mol. The van der Waals surface area contributed by atoms with Gasteiger partial charge in [0.1, 0.15) is 0 Å². The van der Waals surface area contributed by atoms with Crippen LogP contribution in [0.5, 0.6) is 0 Å². The molecule has 1 saturated carbocycles. The molecule has 0 amide bonds. The number of nitrogens with zero attached hydrogens (tertiary/aromatic N) is 1. The first-order chi connectivity index (χ1) is 14.0. The molecule has 0 N–H and O–H groups in total. The third-order valence-electron chi connectivity index (χ3n) is 7.59. The molecule has 156 valence electrons. The summed E-state index contributed by atoms with van der Waals surface area (Å²) in [4.78, 5) is 12.0. The van der Waals surface area contributed by atoms with E-state index in [2.05, 4.69) is 19.9 Å². The third kappa shape index (κ3) is 2.95. The smallest absolute Gasteiger partial charge is 0.201 e. The quantitative estimate of drug-likeness (QED) is 0.698. The van der Waals surface area contributed by atoms with Gasteiger partial charge in [-0.25, -0.2) is 9.78 Å². The summed E-state index contributed by atoms with van der Waals surface area (Å²) < 4.78 is 19.0. The number of nitriles is 1. The topological polar surface area (TPSA) is 69.9 Å². The number of ether oxygens (including phenoxy) is 3. The van der Waals surface area contributed by atoms with Crippen molar-refractivity contribution in [3.8, 4) is 6.07 Å². The van der Waals surface area contributed by atoms with Crippen molar-refractivity contribution in [3.05, 3.63) is 35.9 Å². The van der Waals surface area contributed by atoms with Crippen LogP contribution in [0, 0.1) is 35.0 Å². The lowest BCUT2D eigenvalue weighted by molar-refractivity contribution is -0.578. The fourth-order valence-electron chi connectivity index (χ4n) is 5.97. The number of fused-ring (bicyclic) bond motifs is 2. The molecule has 0 radical (unpaired) electrons. The molecule has 29 heavy (non-hydrogen) atoms. The summed E-state index contributed by atoms with van der Waals surface area (Å²) in [6.45, 7) is 6.34. The Bertz CT molecular complexity index is 796. The second-order valence-electron chi connectivity index (χ2n) is 9.33. The molecule has 1 aromatic rings. The summed E-state index contributed by atoms with van der Waals surface area (Å²) in [6.07, 6.45) is 2.13. The fraction of sp³-hybridized carbons (Fsp3) is 0.696. The molecule has 9 atom stereocenters. The molecule has 4 aliphatic heterocycles. The Labute approximate surface area is 172 Å². The molecule has 1 aromatic carbocycles. The standard InChI is InChI=1S/C23H29NO5/c1-14-9-10-18-15(2)20(25-19(13-24)16-7-5-4-6-8-16)26-21-23(18)17(14)11-12-22(3,27-21)28-29-23/h4-8,14-15,17-21H,9-12H2,1-3H3/t14-,15-,17+,18+,19-,20+,21+,22-,23-/m1/s1. The van der Waals surface area contributed by atoms with Gasteiger partial charge >= 0.3 is 0 Å². The SMILES string of the molecule is C[C@H]1[C@@H](O[C@H](C#N)c2ccccc2)O[C@H]2O[C@@]3(C)CC[C@H]4[C@H](C)CC[C@@H]1[C@@]24OO3. The molecule has 4 saturated heterocycles. The van der Waals surface area contributed by atoms with Crippen molar-refractivity contribution >= 4 is 0 Å². The van der Waals surface area contributed by atoms with Crippen molar-refractivity contribution in [3.63, 3.8) is 0 Å². The largest absolute Gasteiger partial charge is 0.329 e. The first-order valence-electron chi connectivity index (χ1n) is 10.8. The van der Waals surface area contributed by atoms with Crippen LogP contribution in [0.4, 0.5) is 0 Å². The van der Waals surface area contributed by atoms with Gasteiger partial charge in [0, 0.05) is 18.3 Å². The Balaban J connectivity index is 1.46. The highest BCUT2D eigenvalue weighted by Gasteiger charge is 2.69. The molecule has 6 heteroatoms. The van der Waals surface area contributed by atoms with Gasteiger partial charge in [0.05, 0.1) is 6.07 Å². The van der Waals surface area contributed by atoms with E-state index in [9.17, 15) is 5.26 Å². The third-order valence-corrected chi connectivity index (χ3v) is 7.59. The molecule has 6 rings (SSSR count). The van der Waals surface area contributed by atoms with Gasteiger partial charge in [0.2, 0.25) is 5.79 Å². The van der Waals surface area contributed by atoms with E-state index < -0.39 is 30.1 Å². The second kappa shape index (κ2) is 7.04. The Hall–Kier alpha value is -1.49. The van der Waals surface area contributed by atoms with Gasteiger partial charge in [0.25, 0.3) is 0 Å². The molecule has 1 aliphatic carbocycles. The Morgan fingerprint density at radius 3 is 2.66 bits per heavy atom. The molecular formula is C23H29NO5. The minimum atomic E-state index is -0.809. The van der Waals surface area contributed by atoms with E-state index in [0.29, 0.717) is 11.8 Å². The highest BCUT2D eigenvalue weighted by molar-refractivity contribution is 5.22. The van der Waals surface area contributed by atoms with Gasteiger partial charge in [-0.1, -0.05) is 44.2 Å². The zero-order valence-electron chi connectivity index (χ0n) is 17.2. The van der Waals surface area contributed by atoms with Gasteiger partial charge in [-0.15, -0.1) is 0 Å². The van der Waals surface area contributed by atoms with Crippen LogP contribution in [0.3, 0.4) is 0 Å². The molecule has 6 nitrogen and oxygen atoms in total. The molecule has 2 bridgehead atoms. The van der Waals surface area contributed by atoms with Gasteiger partial charge in [-0.3, -0.25) is 0 Å². The maximum Gasteiger partial charge on any atom is 0.201 e. The van der Waals surface area contributed by atoms with Crippen LogP contribution in [0.25, 0.3) is 0 Å². The molecule has 0 unspecified atom stereocenters. The van der Waals surface area contributed by atoms with E-state index in [4.69, 9.17) is 24.0 Å². The van der Waals surface area contributed by atoms with E-state index in [1.807, 2.05) is 37.3 Å². The molecule has 4 heterocycles. The molecule has 1 spiro atoms. The van der Waals surface area contributed by atoms with Gasteiger partial charge in [-0.05, 0) is 43.6 Å². The Kier molecular flexibility index (Phi) is 4.73. The van der Waals surface area contributed by atoms with Crippen molar-refractivity contribution in [2.24, 2.45) is 23.7 Å². The van der Waals surface area contributed by atoms with E-state index in [-0.39, 0.29) is 11.8 Å². The summed E-state index contributed by atoms with van der Waals surface area (Å²) >= 11 is 0. The van der Waals surface area contributed by atoms with E-state index in [1.165, 1.54) is 0 Å². The minimum absolute atomic E-state index is 0.0514. The molecular weight excluding hydrogens is 370 g/mol. The van der Waals surface area contributed by atoms with Crippen molar-refractivity contribution in [2.75, 3.05) is 0 Å². The van der Waals surface area contributed by atoms with Crippen molar-refractivity contribution < 1.29 is 24.0 Å². The average molecular weight is 399 g/mol. The lowest BCUT2D eigenvalue weighted by Crippen LogP contribution is -2.70. The van der Waals surface area contributed by atoms with Crippen LogP contribution >= 0.6 is 0 Å². The molecule has 0 aromatic heterocycles. The first kappa shape index (κ1) is 19.5. The number of benzene rings is 1. The van der Waals surface area contributed by atoms with Crippen LogP contribution in [-0.2, 0) is 24.0 Å². The van der Waals surface area contributed by atoms with Crippen LogP contribution in [0.2, 0.25) is 0 Å². The number of hydrogen-bond donors (Lipinski definition) is 0. The highest BCUT2D eigenvalue weighted by Crippen LogP contribution is 2.60. The zero-order valence-corrected chi connectivity index (χ0v) is 17.2. The normalized spacial score (nSPS) is 47.0. The maximum atomic E-state index is 9.72. The van der Waals surface area contributed by atoms with Crippen molar-refractivity contribution in [1.82, 2.24) is 0 Å². The first-order valence-corrected chi connectivity index (χ1v) is 10.8. The van der Waals surface area contributed by atoms with Gasteiger partial charge in [0.15, 0.2) is 24.3 Å². The van der Waals surface area contributed by atoms with E-state index in [0.717, 1.165) is 31.2 Å². The summed E-state index contributed by atoms with van der Waals surface area (Å²) in [5.74, 6) is 0.267. The summed E-state index contributed by atoms with van der Waals surface area (Å²) in [5.41, 5.74) is 0.220. The van der Waals surface area contributed by atoms with Crippen LogP contribution in [0.1, 0.15) is 58.1 Å². The summed E-state index contributed by atoms with van der Waals surface area (Å²) in [5, 5.41) is 9.72. The molecule has 5 aliphatic rings. The van der Waals surface area contributed by atoms with Crippen LogP contribution in [-0.4, -0.2) is 24.0 Å². The summed E-state index contributed by atoms with van der Waals surface area (Å²) in [7, 11) is 0. The van der Waals surface area contributed by atoms with Crippen LogP contribution < -0.4 is 0 Å². The van der Waals surface area contributed by atoms with Crippen LogP contribution in [0.15, 0.2) is 30.3 Å². The van der Waals surface area contributed by atoms with Gasteiger partial charge in [-0.2, -0.15) is 5.26 Å². The fourth-order valence-corrected chi connectivity index (χ4v) is 5.97. The lowest BCUT2D eigenvalue weighted by atomic mass is 9.58. The Morgan fingerprint density at radius 2 is 1.90 bits per heavy atom. The minimum Gasteiger partial charge on any atom is -0.329 e. The number of rotatable bonds is 3. The van der Waals surface area contributed by atoms with Gasteiger partial charge < -0.3 is 14.2 Å². The predicted octanol–water partition coefficient (Wildman–Crippen LogP) is 4.48. The highest BCUT2D eigenvalue weighted by atomic mass is 17.3. The second-order valence-corrected chi connectivity index (χ2v) is 9.33. The zero-order chi connectivity index (χ0) is 20.2. The number of hydrogen-bond acceptors (Lipinski definition) is 6. The van der Waals surface area contributed by atoms with Crippen molar-refractivity contribution in [2.45, 2.75) is 76.5 Å².